The van der Waals surface area contributed by atoms with Gasteiger partial charge in [-0.15, -0.1) is 0 Å². The van der Waals surface area contributed by atoms with E-state index in [1.54, 1.807) is 20.8 Å². The lowest BCUT2D eigenvalue weighted by molar-refractivity contribution is -0.157. The Morgan fingerprint density at radius 2 is 1.90 bits per heavy atom. The molecule has 0 radical (unpaired) electrons. The smallest absolute Gasteiger partial charge is 0.307 e. The SMILES string of the molecule is CC(C)(C)OC(=O)C[C@@H]1C/C=C\CCCC(=O)O[C@H](c2ccccc2)CNC1=O. The monoisotopic (exact) mass is 401 g/mol. The van der Waals surface area contributed by atoms with Gasteiger partial charge < -0.3 is 14.8 Å². The van der Waals surface area contributed by atoms with Crippen LogP contribution in [-0.2, 0) is 23.9 Å². The number of hydrogen-bond acceptors (Lipinski definition) is 5. The Morgan fingerprint density at radius 1 is 1.17 bits per heavy atom. The van der Waals surface area contributed by atoms with Crippen molar-refractivity contribution in [1.29, 1.82) is 0 Å². The van der Waals surface area contributed by atoms with Crippen molar-refractivity contribution < 1.29 is 23.9 Å². The van der Waals surface area contributed by atoms with Crippen LogP contribution in [0.4, 0.5) is 0 Å². The van der Waals surface area contributed by atoms with E-state index in [0.717, 1.165) is 5.56 Å². The van der Waals surface area contributed by atoms with Crippen LogP contribution in [0.5, 0.6) is 0 Å². The maximum Gasteiger partial charge on any atom is 0.307 e. The number of benzene rings is 1. The number of amides is 1. The first-order valence-electron chi connectivity index (χ1n) is 10.1. The van der Waals surface area contributed by atoms with E-state index < -0.39 is 23.6 Å². The van der Waals surface area contributed by atoms with Crippen molar-refractivity contribution in [2.24, 2.45) is 5.92 Å². The average molecular weight is 402 g/mol. The molecule has 0 aliphatic carbocycles. The highest BCUT2D eigenvalue weighted by atomic mass is 16.6. The topological polar surface area (TPSA) is 81.7 Å². The highest BCUT2D eigenvalue weighted by Crippen LogP contribution is 2.20. The summed E-state index contributed by atoms with van der Waals surface area (Å²) < 4.78 is 11.0. The van der Waals surface area contributed by atoms with Crippen molar-refractivity contribution in [3.05, 3.63) is 48.0 Å². The third kappa shape index (κ3) is 8.50. The van der Waals surface area contributed by atoms with E-state index in [1.807, 2.05) is 42.5 Å². The maximum absolute atomic E-state index is 12.8. The number of carbonyl (C=O) groups is 3. The van der Waals surface area contributed by atoms with Gasteiger partial charge in [-0.2, -0.15) is 0 Å². The van der Waals surface area contributed by atoms with Gasteiger partial charge in [0, 0.05) is 6.42 Å². The molecule has 1 amide bonds. The summed E-state index contributed by atoms with van der Waals surface area (Å²) in [5.74, 6) is -1.47. The Morgan fingerprint density at radius 3 is 2.59 bits per heavy atom. The molecule has 1 N–H and O–H groups in total. The average Bonchev–Trinajstić information content (AvgIpc) is 2.66. The van der Waals surface area contributed by atoms with Crippen LogP contribution in [0.25, 0.3) is 0 Å². The molecule has 0 bridgehead atoms. The van der Waals surface area contributed by atoms with Crippen LogP contribution in [0.3, 0.4) is 0 Å². The molecule has 1 heterocycles. The van der Waals surface area contributed by atoms with Crippen LogP contribution in [0, 0.1) is 5.92 Å². The molecule has 0 aromatic heterocycles. The van der Waals surface area contributed by atoms with Gasteiger partial charge in [0.2, 0.25) is 5.91 Å². The van der Waals surface area contributed by atoms with E-state index in [4.69, 9.17) is 9.47 Å². The minimum atomic E-state index is -0.598. The van der Waals surface area contributed by atoms with Gasteiger partial charge in [0.15, 0.2) is 0 Å². The van der Waals surface area contributed by atoms with Crippen molar-refractivity contribution in [1.82, 2.24) is 5.32 Å². The lowest BCUT2D eigenvalue weighted by atomic mass is 9.99. The van der Waals surface area contributed by atoms with Gasteiger partial charge in [-0.3, -0.25) is 14.4 Å². The lowest BCUT2D eigenvalue weighted by Gasteiger charge is -2.23. The number of esters is 2. The third-order valence-electron chi connectivity index (χ3n) is 4.45. The van der Waals surface area contributed by atoms with Crippen molar-refractivity contribution in [3.63, 3.8) is 0 Å². The Kier molecular flexibility index (Phi) is 8.43. The molecule has 29 heavy (non-hydrogen) atoms. The van der Waals surface area contributed by atoms with E-state index in [1.165, 1.54) is 0 Å². The fourth-order valence-corrected chi connectivity index (χ4v) is 3.06. The Hall–Kier alpha value is -2.63. The minimum absolute atomic E-state index is 0.00321. The van der Waals surface area contributed by atoms with Crippen LogP contribution in [-0.4, -0.2) is 30.0 Å². The minimum Gasteiger partial charge on any atom is -0.460 e. The number of cyclic esters (lactones) is 1. The second kappa shape index (κ2) is 10.8. The van der Waals surface area contributed by atoms with Crippen LogP contribution in [0.15, 0.2) is 42.5 Å². The number of ether oxygens (including phenoxy) is 2. The van der Waals surface area contributed by atoms with Gasteiger partial charge in [0.05, 0.1) is 18.9 Å². The second-order valence-electron chi connectivity index (χ2n) is 8.22. The number of hydrogen-bond donors (Lipinski definition) is 1. The predicted octanol–water partition coefficient (Wildman–Crippen LogP) is 3.87. The zero-order chi connectivity index (χ0) is 21.3. The predicted molar refractivity (Wildman–Crippen MR) is 110 cm³/mol. The molecule has 0 saturated carbocycles. The summed E-state index contributed by atoms with van der Waals surface area (Å²) >= 11 is 0. The van der Waals surface area contributed by atoms with Gasteiger partial charge in [0.25, 0.3) is 0 Å². The maximum atomic E-state index is 12.8. The molecule has 158 valence electrons. The number of allylic oxidation sites excluding steroid dienone is 2. The molecule has 1 aromatic rings. The van der Waals surface area contributed by atoms with Crippen molar-refractivity contribution in [3.8, 4) is 0 Å². The van der Waals surface area contributed by atoms with Gasteiger partial charge in [-0.05, 0) is 45.6 Å². The first-order valence-corrected chi connectivity index (χ1v) is 10.1. The second-order valence-corrected chi connectivity index (χ2v) is 8.22. The van der Waals surface area contributed by atoms with Gasteiger partial charge in [-0.1, -0.05) is 42.5 Å². The Labute approximate surface area is 172 Å². The Balaban J connectivity index is 2.12. The zero-order valence-corrected chi connectivity index (χ0v) is 17.5. The van der Waals surface area contributed by atoms with E-state index in [0.29, 0.717) is 25.7 Å². The number of rotatable bonds is 3. The fourth-order valence-electron chi connectivity index (χ4n) is 3.06. The molecule has 1 aliphatic heterocycles. The first-order chi connectivity index (χ1) is 13.7. The van der Waals surface area contributed by atoms with Crippen molar-refractivity contribution >= 4 is 17.8 Å². The molecule has 2 rings (SSSR count). The highest BCUT2D eigenvalue weighted by molar-refractivity contribution is 5.84. The first kappa shape index (κ1) is 22.7. The lowest BCUT2D eigenvalue weighted by Crippen LogP contribution is -2.36. The normalized spacial score (nSPS) is 22.9. The van der Waals surface area contributed by atoms with E-state index in [9.17, 15) is 14.4 Å². The van der Waals surface area contributed by atoms with Crippen LogP contribution >= 0.6 is 0 Å². The van der Waals surface area contributed by atoms with Gasteiger partial charge in [0.1, 0.15) is 11.7 Å². The molecule has 2 atom stereocenters. The number of carbonyl (C=O) groups excluding carboxylic acids is 3. The molecular weight excluding hydrogens is 370 g/mol. The molecule has 6 nitrogen and oxygen atoms in total. The summed E-state index contributed by atoms with van der Waals surface area (Å²) in [4.78, 5) is 37.2. The van der Waals surface area contributed by atoms with Crippen LogP contribution in [0.1, 0.15) is 64.5 Å². The summed E-state index contributed by atoms with van der Waals surface area (Å²) in [6.45, 7) is 5.56. The summed E-state index contributed by atoms with van der Waals surface area (Å²) in [5.41, 5.74) is 0.220. The summed E-state index contributed by atoms with van der Waals surface area (Å²) in [6, 6.07) is 9.33. The molecule has 6 heteroatoms. The molecule has 0 saturated heterocycles. The molecule has 0 spiro atoms. The fraction of sp³-hybridized carbons (Fsp3) is 0.522. The Bertz CT molecular complexity index is 721. The largest absolute Gasteiger partial charge is 0.460 e. The molecule has 1 aliphatic rings. The molecular formula is C23H31NO5. The quantitative estimate of drug-likeness (QED) is 0.614. The standard InChI is InChI=1S/C23H31NO5/c1-23(2,3)29-21(26)15-18-13-7-4-5-10-14-20(25)28-19(16-24-22(18)27)17-11-8-6-9-12-17/h4,6-9,11-12,18-19H,5,10,13-16H2,1-3H3,(H,24,27)/b7-4-/t18-,19-/m0/s1. The van der Waals surface area contributed by atoms with E-state index in [-0.39, 0.29) is 24.8 Å². The molecule has 0 fully saturated rings. The van der Waals surface area contributed by atoms with Crippen molar-refractivity contribution in [2.45, 2.75) is 64.6 Å². The number of nitrogens with one attached hydrogen (secondary N) is 1. The van der Waals surface area contributed by atoms with Crippen LogP contribution < -0.4 is 5.32 Å². The summed E-state index contributed by atoms with van der Waals surface area (Å²) in [7, 11) is 0. The summed E-state index contributed by atoms with van der Waals surface area (Å²) in [5, 5.41) is 2.85. The molecule has 1 aromatic carbocycles. The van der Waals surface area contributed by atoms with Gasteiger partial charge >= 0.3 is 11.9 Å². The zero-order valence-electron chi connectivity index (χ0n) is 17.5. The van der Waals surface area contributed by atoms with Gasteiger partial charge in [-0.25, -0.2) is 0 Å². The third-order valence-corrected chi connectivity index (χ3v) is 4.45. The van der Waals surface area contributed by atoms with E-state index >= 15 is 0 Å². The summed E-state index contributed by atoms with van der Waals surface area (Å²) in [6.07, 6.45) is 5.42. The van der Waals surface area contributed by atoms with Crippen molar-refractivity contribution in [2.75, 3.05) is 6.54 Å². The van der Waals surface area contributed by atoms with E-state index in [2.05, 4.69) is 5.32 Å². The molecule has 0 unspecified atom stereocenters. The van der Waals surface area contributed by atoms with Crippen LogP contribution in [0.2, 0.25) is 0 Å². The highest BCUT2D eigenvalue weighted by Gasteiger charge is 2.26.